The molecular weight excluding hydrogens is 296 g/mol. The molecule has 0 saturated carbocycles. The average molecular weight is 318 g/mol. The second-order valence-electron chi connectivity index (χ2n) is 5.04. The van der Waals surface area contributed by atoms with Crippen LogP contribution in [0.4, 0.5) is 0 Å². The summed E-state index contributed by atoms with van der Waals surface area (Å²) in [5.41, 5.74) is 5.83. The van der Waals surface area contributed by atoms with Crippen molar-refractivity contribution in [3.8, 4) is 0 Å². The van der Waals surface area contributed by atoms with E-state index >= 15 is 0 Å². The second kappa shape index (κ2) is 6.05. The number of hydrogen-bond acceptors (Lipinski definition) is 5. The first-order valence-corrected chi connectivity index (χ1v) is 9.41. The summed E-state index contributed by atoms with van der Waals surface area (Å²) in [6.45, 7) is 4.28. The molecule has 0 aromatic carbocycles. The van der Waals surface area contributed by atoms with Gasteiger partial charge in [-0.25, -0.2) is 13.4 Å². The highest BCUT2D eigenvalue weighted by Crippen LogP contribution is 2.35. The van der Waals surface area contributed by atoms with Gasteiger partial charge in [-0.2, -0.15) is 16.1 Å². The van der Waals surface area contributed by atoms with E-state index < -0.39 is 10.0 Å². The summed E-state index contributed by atoms with van der Waals surface area (Å²) in [7, 11) is -3.47. The normalized spacial score (nSPS) is 20.1. The third kappa shape index (κ3) is 2.88. The summed E-state index contributed by atoms with van der Waals surface area (Å²) < 4.78 is 28.3. The van der Waals surface area contributed by atoms with Crippen molar-refractivity contribution < 1.29 is 8.42 Å². The van der Waals surface area contributed by atoms with E-state index in [9.17, 15) is 8.42 Å². The van der Waals surface area contributed by atoms with Crippen LogP contribution in [-0.4, -0.2) is 52.9 Å². The fraction of sp³-hybridized carbons (Fsp3) is 0.750. The van der Waals surface area contributed by atoms with Gasteiger partial charge in [0, 0.05) is 37.1 Å². The monoisotopic (exact) mass is 318 g/mol. The molecule has 1 aromatic rings. The van der Waals surface area contributed by atoms with Crippen LogP contribution in [0.25, 0.3) is 0 Å². The van der Waals surface area contributed by atoms with Crippen molar-refractivity contribution in [1.29, 1.82) is 0 Å². The molecule has 0 spiro atoms. The molecule has 114 valence electrons. The summed E-state index contributed by atoms with van der Waals surface area (Å²) in [5.74, 6) is 0. The van der Waals surface area contributed by atoms with Gasteiger partial charge in [-0.05, 0) is 26.0 Å². The first kappa shape index (κ1) is 15.8. The molecule has 0 atom stereocenters. The summed E-state index contributed by atoms with van der Waals surface area (Å²) in [6, 6.07) is 0. The fourth-order valence-electron chi connectivity index (χ4n) is 2.40. The van der Waals surface area contributed by atoms with Gasteiger partial charge in [0.05, 0.1) is 6.33 Å². The maximum Gasteiger partial charge on any atom is 0.262 e. The van der Waals surface area contributed by atoms with Crippen LogP contribution in [0.1, 0.15) is 19.8 Å². The summed E-state index contributed by atoms with van der Waals surface area (Å²) >= 11 is 1.74. The first-order valence-electron chi connectivity index (χ1n) is 6.74. The van der Waals surface area contributed by atoms with Gasteiger partial charge in [0.15, 0.2) is 5.03 Å². The summed E-state index contributed by atoms with van der Waals surface area (Å²) in [5, 5.41) is 0.142. The smallest absolute Gasteiger partial charge is 0.262 e. The van der Waals surface area contributed by atoms with Crippen LogP contribution in [0.5, 0.6) is 0 Å². The van der Waals surface area contributed by atoms with E-state index in [-0.39, 0.29) is 9.77 Å². The Hall–Kier alpha value is -0.570. The predicted molar refractivity (Wildman–Crippen MR) is 81.2 cm³/mol. The van der Waals surface area contributed by atoms with Gasteiger partial charge >= 0.3 is 0 Å². The summed E-state index contributed by atoms with van der Waals surface area (Å²) in [4.78, 5) is 4.01. The molecule has 2 heterocycles. The number of nitrogens with two attached hydrogens (primary N) is 1. The number of hydrogen-bond donors (Lipinski definition) is 1. The molecule has 1 aliphatic heterocycles. The Kier molecular flexibility index (Phi) is 4.78. The largest absolute Gasteiger partial charge is 0.336 e. The van der Waals surface area contributed by atoms with E-state index in [4.69, 9.17) is 5.73 Å². The van der Waals surface area contributed by atoms with Gasteiger partial charge in [-0.1, -0.05) is 0 Å². The third-order valence-electron chi connectivity index (χ3n) is 4.02. The van der Waals surface area contributed by atoms with Crippen LogP contribution >= 0.6 is 11.8 Å². The van der Waals surface area contributed by atoms with Gasteiger partial charge in [-0.15, -0.1) is 0 Å². The Bertz CT molecular complexity index is 542. The van der Waals surface area contributed by atoms with Crippen LogP contribution in [0, 0.1) is 0 Å². The number of aryl methyl sites for hydroxylation is 1. The maximum atomic E-state index is 12.5. The number of thioether (sulfide) groups is 1. The van der Waals surface area contributed by atoms with E-state index in [1.54, 1.807) is 28.9 Å². The van der Waals surface area contributed by atoms with E-state index in [2.05, 4.69) is 4.98 Å². The molecule has 2 rings (SSSR count). The number of nitrogens with zero attached hydrogens (tertiary/aromatic N) is 3. The lowest BCUT2D eigenvalue weighted by Gasteiger charge is -2.39. The van der Waals surface area contributed by atoms with Crippen molar-refractivity contribution in [2.75, 3.05) is 25.9 Å². The Balaban J connectivity index is 2.13. The van der Waals surface area contributed by atoms with Crippen molar-refractivity contribution in [2.45, 2.75) is 36.1 Å². The predicted octanol–water partition coefficient (Wildman–Crippen LogP) is 0.748. The molecule has 0 aliphatic carbocycles. The highest BCUT2D eigenvalue weighted by molar-refractivity contribution is 8.00. The van der Waals surface area contributed by atoms with Crippen LogP contribution in [0.3, 0.4) is 0 Å². The van der Waals surface area contributed by atoms with Gasteiger partial charge < -0.3 is 10.3 Å². The summed E-state index contributed by atoms with van der Waals surface area (Å²) in [6.07, 6.45) is 6.77. The van der Waals surface area contributed by atoms with Crippen LogP contribution in [-0.2, 0) is 16.6 Å². The number of piperidine rings is 1. The molecule has 0 radical (unpaired) electrons. The van der Waals surface area contributed by atoms with Crippen molar-refractivity contribution in [2.24, 2.45) is 5.73 Å². The number of aromatic nitrogens is 2. The Labute approximate surface area is 124 Å². The zero-order valence-corrected chi connectivity index (χ0v) is 13.6. The zero-order valence-electron chi connectivity index (χ0n) is 11.9. The van der Waals surface area contributed by atoms with Crippen molar-refractivity contribution in [3.63, 3.8) is 0 Å². The van der Waals surface area contributed by atoms with Gasteiger partial charge in [-0.3, -0.25) is 0 Å². The molecule has 1 aromatic heterocycles. The molecule has 1 aliphatic rings. The minimum Gasteiger partial charge on any atom is -0.336 e. The minimum atomic E-state index is -3.47. The molecule has 8 heteroatoms. The standard InChI is InChI=1S/C12H22N4O2S2/c1-3-15-8-11(14-10-15)20(17,18)16-6-4-12(9-13,19-2)5-7-16/h8,10H,3-7,9,13H2,1-2H3. The van der Waals surface area contributed by atoms with Crippen LogP contribution < -0.4 is 5.73 Å². The second-order valence-corrected chi connectivity index (χ2v) is 8.20. The molecular formula is C12H22N4O2S2. The minimum absolute atomic E-state index is 0.0226. The SMILES string of the molecule is CCn1cnc(S(=O)(=O)N2CCC(CN)(SC)CC2)c1. The fourth-order valence-corrected chi connectivity index (χ4v) is 4.54. The lowest BCUT2D eigenvalue weighted by atomic mass is 9.97. The Morgan fingerprint density at radius 2 is 2.10 bits per heavy atom. The van der Waals surface area contributed by atoms with Crippen LogP contribution in [0.15, 0.2) is 17.6 Å². The quantitative estimate of drug-likeness (QED) is 0.866. The number of sulfonamides is 1. The Morgan fingerprint density at radius 1 is 1.45 bits per heavy atom. The highest BCUT2D eigenvalue weighted by Gasteiger charge is 2.37. The molecule has 0 unspecified atom stereocenters. The van der Waals surface area contributed by atoms with E-state index in [1.807, 2.05) is 13.2 Å². The zero-order chi connectivity index (χ0) is 14.8. The molecule has 1 fully saturated rings. The lowest BCUT2D eigenvalue weighted by Crippen LogP contribution is -2.48. The highest BCUT2D eigenvalue weighted by atomic mass is 32.2. The topological polar surface area (TPSA) is 81.2 Å². The molecule has 1 saturated heterocycles. The van der Waals surface area contributed by atoms with Crippen molar-refractivity contribution in [3.05, 3.63) is 12.5 Å². The lowest BCUT2D eigenvalue weighted by molar-refractivity contribution is 0.301. The van der Waals surface area contributed by atoms with Crippen molar-refractivity contribution in [1.82, 2.24) is 13.9 Å². The first-order chi connectivity index (χ1) is 9.47. The third-order valence-corrected chi connectivity index (χ3v) is 7.24. The molecule has 0 bridgehead atoms. The molecule has 0 amide bonds. The molecule has 6 nitrogen and oxygen atoms in total. The molecule has 2 N–H and O–H groups in total. The molecule has 20 heavy (non-hydrogen) atoms. The van der Waals surface area contributed by atoms with Gasteiger partial charge in [0.25, 0.3) is 10.0 Å². The number of rotatable bonds is 5. The average Bonchev–Trinajstić information content (AvgIpc) is 2.97. The number of imidazole rings is 1. The van der Waals surface area contributed by atoms with Gasteiger partial charge in [0.1, 0.15) is 0 Å². The maximum absolute atomic E-state index is 12.5. The van der Waals surface area contributed by atoms with E-state index in [1.165, 1.54) is 4.31 Å². The van der Waals surface area contributed by atoms with Gasteiger partial charge in [0.2, 0.25) is 0 Å². The van der Waals surface area contributed by atoms with Crippen molar-refractivity contribution >= 4 is 21.8 Å². The van der Waals surface area contributed by atoms with E-state index in [0.717, 1.165) is 12.8 Å². The Morgan fingerprint density at radius 3 is 2.55 bits per heavy atom. The van der Waals surface area contributed by atoms with Crippen LogP contribution in [0.2, 0.25) is 0 Å². The van der Waals surface area contributed by atoms with E-state index in [0.29, 0.717) is 26.2 Å².